The van der Waals surface area contributed by atoms with E-state index in [4.69, 9.17) is 5.73 Å². The Kier molecular flexibility index (Phi) is 4.74. The van der Waals surface area contributed by atoms with E-state index in [1.54, 1.807) is 11.8 Å². The van der Waals surface area contributed by atoms with Gasteiger partial charge in [0, 0.05) is 12.0 Å². The average Bonchev–Trinajstić information content (AvgIpc) is 2.58. The van der Waals surface area contributed by atoms with E-state index in [9.17, 15) is 5.11 Å². The number of hydrogen-bond acceptors (Lipinski definition) is 3. The molecule has 0 aliphatic heterocycles. The van der Waals surface area contributed by atoms with Gasteiger partial charge in [0.2, 0.25) is 0 Å². The molecule has 1 aliphatic carbocycles. The third-order valence-electron chi connectivity index (χ3n) is 3.60. The number of rotatable bonds is 5. The molecule has 3 heteroatoms. The van der Waals surface area contributed by atoms with Crippen molar-refractivity contribution in [3.8, 4) is 0 Å². The lowest BCUT2D eigenvalue weighted by atomic mass is 9.78. The normalized spacial score (nSPS) is 34.7. The molecule has 1 aliphatic rings. The highest BCUT2D eigenvalue weighted by molar-refractivity contribution is 7.98. The molecule has 14 heavy (non-hydrogen) atoms. The van der Waals surface area contributed by atoms with Gasteiger partial charge < -0.3 is 10.8 Å². The molecule has 2 nitrogen and oxygen atoms in total. The highest BCUT2D eigenvalue weighted by Gasteiger charge is 2.41. The molecule has 0 spiro atoms. The van der Waals surface area contributed by atoms with Gasteiger partial charge in [0.1, 0.15) is 0 Å². The Morgan fingerprint density at radius 1 is 1.64 bits per heavy atom. The molecular weight excluding hydrogens is 194 g/mol. The van der Waals surface area contributed by atoms with Gasteiger partial charge in [-0.2, -0.15) is 11.8 Å². The fraction of sp³-hybridized carbons (Fsp3) is 1.00. The molecule has 84 valence electrons. The maximum absolute atomic E-state index is 10.2. The van der Waals surface area contributed by atoms with Crippen LogP contribution < -0.4 is 5.73 Å². The van der Waals surface area contributed by atoms with Gasteiger partial charge in [0.25, 0.3) is 0 Å². The van der Waals surface area contributed by atoms with Crippen LogP contribution in [-0.2, 0) is 0 Å². The van der Waals surface area contributed by atoms with Gasteiger partial charge >= 0.3 is 0 Å². The van der Waals surface area contributed by atoms with Crippen LogP contribution in [0, 0.1) is 11.3 Å². The fourth-order valence-corrected chi connectivity index (χ4v) is 3.05. The third-order valence-corrected chi connectivity index (χ3v) is 4.24. The van der Waals surface area contributed by atoms with Crippen molar-refractivity contribution in [3.05, 3.63) is 0 Å². The van der Waals surface area contributed by atoms with Gasteiger partial charge in [0.15, 0.2) is 0 Å². The van der Waals surface area contributed by atoms with Crippen molar-refractivity contribution in [2.45, 2.75) is 38.7 Å². The molecule has 1 fully saturated rings. The molecule has 1 saturated carbocycles. The number of aliphatic hydroxyl groups excluding tert-OH is 1. The highest BCUT2D eigenvalue weighted by atomic mass is 32.2. The second kappa shape index (κ2) is 5.38. The van der Waals surface area contributed by atoms with E-state index in [2.05, 4.69) is 13.2 Å². The molecule has 3 N–H and O–H groups in total. The van der Waals surface area contributed by atoms with Crippen LogP contribution in [0.4, 0.5) is 0 Å². The second-order valence-corrected chi connectivity index (χ2v) is 5.70. The van der Waals surface area contributed by atoms with Crippen LogP contribution >= 0.6 is 11.8 Å². The SMILES string of the molecule is CSCCC(O)C1(CN)CCC(C)C1. The summed E-state index contributed by atoms with van der Waals surface area (Å²) in [4.78, 5) is 0. The minimum Gasteiger partial charge on any atom is -0.392 e. The molecule has 0 radical (unpaired) electrons. The summed E-state index contributed by atoms with van der Waals surface area (Å²) in [6.45, 7) is 2.91. The summed E-state index contributed by atoms with van der Waals surface area (Å²) in [6, 6.07) is 0. The molecule has 0 amide bonds. The Morgan fingerprint density at radius 2 is 2.36 bits per heavy atom. The van der Waals surface area contributed by atoms with E-state index in [1.165, 1.54) is 6.42 Å². The summed E-state index contributed by atoms with van der Waals surface area (Å²) in [5.41, 5.74) is 5.87. The summed E-state index contributed by atoms with van der Waals surface area (Å²) in [6.07, 6.45) is 6.24. The van der Waals surface area contributed by atoms with Crippen LogP contribution in [0.5, 0.6) is 0 Å². The summed E-state index contributed by atoms with van der Waals surface area (Å²) < 4.78 is 0. The van der Waals surface area contributed by atoms with E-state index in [1.807, 2.05) is 0 Å². The molecule has 0 bridgehead atoms. The molecule has 1 rings (SSSR count). The van der Waals surface area contributed by atoms with Crippen LogP contribution in [-0.4, -0.2) is 29.8 Å². The Balaban J connectivity index is 2.51. The summed E-state index contributed by atoms with van der Waals surface area (Å²) >= 11 is 1.80. The minimum atomic E-state index is -0.190. The summed E-state index contributed by atoms with van der Waals surface area (Å²) in [7, 11) is 0. The van der Waals surface area contributed by atoms with Crippen LogP contribution in [0.15, 0.2) is 0 Å². The number of hydrogen-bond donors (Lipinski definition) is 2. The zero-order valence-corrected chi connectivity index (χ0v) is 10.1. The molecule has 3 unspecified atom stereocenters. The van der Waals surface area contributed by atoms with E-state index >= 15 is 0 Å². The zero-order chi connectivity index (χ0) is 10.6. The number of aliphatic hydroxyl groups is 1. The smallest absolute Gasteiger partial charge is 0.0616 e. The van der Waals surface area contributed by atoms with Crippen molar-refractivity contribution in [3.63, 3.8) is 0 Å². The second-order valence-electron chi connectivity index (χ2n) is 4.71. The van der Waals surface area contributed by atoms with E-state index in [-0.39, 0.29) is 11.5 Å². The molecule has 0 aromatic carbocycles. The Hall–Kier alpha value is 0.270. The molecule has 0 saturated heterocycles. The first-order valence-electron chi connectivity index (χ1n) is 5.51. The van der Waals surface area contributed by atoms with E-state index in [0.29, 0.717) is 6.54 Å². The lowest BCUT2D eigenvalue weighted by Crippen LogP contribution is -2.40. The molecule has 0 aromatic rings. The fourth-order valence-electron chi connectivity index (χ4n) is 2.59. The summed E-state index contributed by atoms with van der Waals surface area (Å²) in [5, 5.41) is 10.2. The molecule has 3 atom stereocenters. The van der Waals surface area contributed by atoms with Crippen LogP contribution in [0.3, 0.4) is 0 Å². The topological polar surface area (TPSA) is 46.2 Å². The van der Waals surface area contributed by atoms with E-state index < -0.39 is 0 Å². The number of nitrogens with two attached hydrogens (primary N) is 1. The maximum Gasteiger partial charge on any atom is 0.0616 e. The van der Waals surface area contributed by atoms with Crippen LogP contribution in [0.25, 0.3) is 0 Å². The predicted molar refractivity (Wildman–Crippen MR) is 63.5 cm³/mol. The Morgan fingerprint density at radius 3 is 2.79 bits per heavy atom. The molecule has 0 aromatic heterocycles. The van der Waals surface area contributed by atoms with Crippen molar-refractivity contribution >= 4 is 11.8 Å². The van der Waals surface area contributed by atoms with Crippen molar-refractivity contribution in [1.29, 1.82) is 0 Å². The van der Waals surface area contributed by atoms with Gasteiger partial charge in [-0.1, -0.05) is 13.3 Å². The first-order valence-corrected chi connectivity index (χ1v) is 6.91. The lowest BCUT2D eigenvalue weighted by molar-refractivity contribution is 0.0303. The quantitative estimate of drug-likeness (QED) is 0.739. The van der Waals surface area contributed by atoms with Crippen molar-refractivity contribution in [2.24, 2.45) is 17.1 Å². The maximum atomic E-state index is 10.2. The van der Waals surface area contributed by atoms with Crippen LogP contribution in [0.1, 0.15) is 32.6 Å². The predicted octanol–water partition coefficient (Wildman–Crippen LogP) is 1.87. The van der Waals surface area contributed by atoms with E-state index in [0.717, 1.165) is 30.9 Å². The van der Waals surface area contributed by atoms with Crippen LogP contribution in [0.2, 0.25) is 0 Å². The number of thioether (sulfide) groups is 1. The molecule has 0 heterocycles. The largest absolute Gasteiger partial charge is 0.392 e. The van der Waals surface area contributed by atoms with Gasteiger partial charge in [-0.3, -0.25) is 0 Å². The highest BCUT2D eigenvalue weighted by Crippen LogP contribution is 2.44. The first kappa shape index (κ1) is 12.3. The van der Waals surface area contributed by atoms with Crippen molar-refractivity contribution in [1.82, 2.24) is 0 Å². The third kappa shape index (κ3) is 2.65. The van der Waals surface area contributed by atoms with Gasteiger partial charge in [-0.05, 0) is 37.2 Å². The van der Waals surface area contributed by atoms with Crippen molar-refractivity contribution < 1.29 is 5.11 Å². The Labute approximate surface area is 91.6 Å². The van der Waals surface area contributed by atoms with Crippen molar-refractivity contribution in [2.75, 3.05) is 18.6 Å². The standard InChI is InChI=1S/C11H23NOS/c1-9-3-5-11(7-9,8-12)10(13)4-6-14-2/h9-10,13H,3-8,12H2,1-2H3. The lowest BCUT2D eigenvalue weighted by Gasteiger charge is -2.33. The van der Waals surface area contributed by atoms with Gasteiger partial charge in [0.05, 0.1) is 6.10 Å². The summed E-state index contributed by atoms with van der Waals surface area (Å²) in [5.74, 6) is 1.78. The van der Waals surface area contributed by atoms with Gasteiger partial charge in [-0.25, -0.2) is 0 Å². The van der Waals surface area contributed by atoms with Gasteiger partial charge in [-0.15, -0.1) is 0 Å². The first-order chi connectivity index (χ1) is 6.64. The molecular formula is C11H23NOS. The minimum absolute atomic E-state index is 0.0369. The monoisotopic (exact) mass is 217 g/mol. The zero-order valence-electron chi connectivity index (χ0n) is 9.33. The Bertz CT molecular complexity index is 177. The average molecular weight is 217 g/mol.